The summed E-state index contributed by atoms with van der Waals surface area (Å²) in [5, 5.41) is 3.17. The summed E-state index contributed by atoms with van der Waals surface area (Å²) in [4.78, 5) is 15.3. The number of nitrogens with one attached hydrogen (secondary N) is 1. The molecule has 5 nitrogen and oxygen atoms in total. The van der Waals surface area contributed by atoms with E-state index in [-0.39, 0.29) is 11.3 Å². The van der Waals surface area contributed by atoms with Crippen molar-refractivity contribution in [1.29, 1.82) is 0 Å². The van der Waals surface area contributed by atoms with Gasteiger partial charge in [0.15, 0.2) is 0 Å². The first-order valence-corrected chi connectivity index (χ1v) is 9.91. The molecule has 1 fully saturated rings. The van der Waals surface area contributed by atoms with Crippen LogP contribution in [0.3, 0.4) is 0 Å². The van der Waals surface area contributed by atoms with Crippen LogP contribution in [0, 0.1) is 5.41 Å². The lowest BCUT2D eigenvalue weighted by Crippen LogP contribution is -2.48. The van der Waals surface area contributed by atoms with Gasteiger partial charge in [-0.05, 0) is 61.2 Å². The first-order chi connectivity index (χ1) is 13.6. The predicted molar refractivity (Wildman–Crippen MR) is 108 cm³/mol. The van der Waals surface area contributed by atoms with Crippen molar-refractivity contribution in [2.75, 3.05) is 27.3 Å². The first kappa shape index (κ1) is 18.8. The fourth-order valence-corrected chi connectivity index (χ4v) is 4.47. The third-order valence-electron chi connectivity index (χ3n) is 6.20. The maximum atomic E-state index is 12.9. The molecule has 2 aliphatic rings. The van der Waals surface area contributed by atoms with Crippen LogP contribution in [0.25, 0.3) is 0 Å². The van der Waals surface area contributed by atoms with Crippen LogP contribution in [0.4, 0.5) is 0 Å². The van der Waals surface area contributed by atoms with Crippen LogP contribution < -0.4 is 14.8 Å². The highest BCUT2D eigenvalue weighted by Gasteiger charge is 2.42. The Bertz CT molecular complexity index is 834. The minimum Gasteiger partial charge on any atom is -0.497 e. The van der Waals surface area contributed by atoms with E-state index in [1.54, 1.807) is 14.2 Å². The van der Waals surface area contributed by atoms with Crippen molar-refractivity contribution in [3.8, 4) is 11.5 Å². The molecule has 0 saturated carbocycles. The van der Waals surface area contributed by atoms with E-state index in [0.717, 1.165) is 50.4 Å². The van der Waals surface area contributed by atoms with E-state index in [2.05, 4.69) is 40.5 Å². The second-order valence-electron chi connectivity index (χ2n) is 7.91. The van der Waals surface area contributed by atoms with Crippen molar-refractivity contribution in [3.63, 3.8) is 0 Å². The molecule has 0 aliphatic carbocycles. The molecule has 2 aliphatic heterocycles. The zero-order valence-electron chi connectivity index (χ0n) is 16.7. The SMILES string of the molecule is COc1cc(CN2CCC3(CC2)Cc2ccccc2CNC3=O)cc(OC)c1. The molecular formula is C23H28N2O3. The summed E-state index contributed by atoms with van der Waals surface area (Å²) >= 11 is 0. The highest BCUT2D eigenvalue weighted by atomic mass is 16.5. The molecule has 148 valence electrons. The first-order valence-electron chi connectivity index (χ1n) is 9.91. The number of amides is 1. The van der Waals surface area contributed by atoms with Crippen LogP contribution in [-0.2, 0) is 24.3 Å². The summed E-state index contributed by atoms with van der Waals surface area (Å²) in [6.07, 6.45) is 2.61. The molecule has 2 aromatic carbocycles. The zero-order chi connectivity index (χ0) is 19.6. The van der Waals surface area contributed by atoms with Crippen LogP contribution in [0.2, 0.25) is 0 Å². The number of ether oxygens (including phenoxy) is 2. The van der Waals surface area contributed by atoms with Gasteiger partial charge in [-0.1, -0.05) is 24.3 Å². The van der Waals surface area contributed by atoms with Crippen LogP contribution in [-0.4, -0.2) is 38.1 Å². The number of nitrogens with zero attached hydrogens (tertiary/aromatic N) is 1. The maximum absolute atomic E-state index is 12.9. The molecule has 28 heavy (non-hydrogen) atoms. The number of benzene rings is 2. The minimum atomic E-state index is -0.283. The van der Waals surface area contributed by atoms with E-state index in [0.29, 0.717) is 6.54 Å². The molecule has 1 amide bonds. The topological polar surface area (TPSA) is 50.8 Å². The van der Waals surface area contributed by atoms with Crippen molar-refractivity contribution in [3.05, 3.63) is 59.2 Å². The number of rotatable bonds is 4. The Balaban J connectivity index is 1.46. The number of piperidine rings is 1. The molecular weight excluding hydrogens is 352 g/mol. The van der Waals surface area contributed by atoms with E-state index in [4.69, 9.17) is 9.47 Å². The number of carbonyl (C=O) groups is 1. The lowest BCUT2D eigenvalue weighted by atomic mass is 9.73. The molecule has 1 N–H and O–H groups in total. The van der Waals surface area contributed by atoms with E-state index >= 15 is 0 Å². The van der Waals surface area contributed by atoms with Gasteiger partial charge in [0.1, 0.15) is 11.5 Å². The van der Waals surface area contributed by atoms with Gasteiger partial charge in [0, 0.05) is 19.2 Å². The molecule has 0 radical (unpaired) electrons. The van der Waals surface area contributed by atoms with E-state index in [1.165, 1.54) is 16.7 Å². The molecule has 4 rings (SSSR count). The molecule has 5 heteroatoms. The Labute approximate surface area is 166 Å². The molecule has 0 bridgehead atoms. The highest BCUT2D eigenvalue weighted by molar-refractivity contribution is 5.83. The monoisotopic (exact) mass is 380 g/mol. The van der Waals surface area contributed by atoms with Crippen LogP contribution in [0.1, 0.15) is 29.5 Å². The number of methoxy groups -OCH3 is 2. The van der Waals surface area contributed by atoms with Gasteiger partial charge < -0.3 is 14.8 Å². The van der Waals surface area contributed by atoms with Crippen molar-refractivity contribution >= 4 is 5.91 Å². The smallest absolute Gasteiger partial charge is 0.226 e. The predicted octanol–water partition coefficient (Wildman–Crippen LogP) is 3.16. The van der Waals surface area contributed by atoms with Crippen molar-refractivity contribution in [2.24, 2.45) is 5.41 Å². The third-order valence-corrected chi connectivity index (χ3v) is 6.20. The minimum absolute atomic E-state index is 0.214. The van der Waals surface area contributed by atoms with E-state index in [9.17, 15) is 4.79 Å². The second kappa shape index (κ2) is 7.84. The number of likely N-dealkylation sites (tertiary alicyclic amines) is 1. The second-order valence-corrected chi connectivity index (χ2v) is 7.91. The molecule has 2 aromatic rings. The zero-order valence-corrected chi connectivity index (χ0v) is 16.7. The van der Waals surface area contributed by atoms with Gasteiger partial charge in [-0.25, -0.2) is 0 Å². The average Bonchev–Trinajstić information content (AvgIpc) is 2.86. The summed E-state index contributed by atoms with van der Waals surface area (Å²) < 4.78 is 10.8. The molecule has 0 unspecified atom stereocenters. The van der Waals surface area contributed by atoms with Gasteiger partial charge in [0.05, 0.1) is 19.6 Å². The Hall–Kier alpha value is -2.53. The number of carbonyl (C=O) groups excluding carboxylic acids is 1. The van der Waals surface area contributed by atoms with Crippen LogP contribution in [0.5, 0.6) is 11.5 Å². The summed E-state index contributed by atoms with van der Waals surface area (Å²) in [5.74, 6) is 1.83. The van der Waals surface area contributed by atoms with Crippen LogP contribution >= 0.6 is 0 Å². The normalized spacial score (nSPS) is 18.9. The molecule has 0 atom stereocenters. The number of hydrogen-bond acceptors (Lipinski definition) is 4. The molecule has 2 heterocycles. The summed E-state index contributed by atoms with van der Waals surface area (Å²) in [5.41, 5.74) is 3.45. The van der Waals surface area contributed by atoms with Gasteiger partial charge in [-0.3, -0.25) is 9.69 Å². The quantitative estimate of drug-likeness (QED) is 0.885. The van der Waals surface area contributed by atoms with E-state index in [1.807, 2.05) is 12.1 Å². The number of hydrogen-bond donors (Lipinski definition) is 1. The Morgan fingerprint density at radius 3 is 2.29 bits per heavy atom. The molecule has 0 aromatic heterocycles. The van der Waals surface area contributed by atoms with Gasteiger partial charge in [0.25, 0.3) is 0 Å². The van der Waals surface area contributed by atoms with Gasteiger partial charge in [-0.2, -0.15) is 0 Å². The Morgan fingerprint density at radius 2 is 1.64 bits per heavy atom. The Kier molecular flexibility index (Phi) is 5.27. The standard InChI is InChI=1S/C23H28N2O3/c1-27-20-11-17(12-21(13-20)28-2)16-25-9-7-23(8-10-25)14-18-5-3-4-6-19(18)15-24-22(23)26/h3-6,11-13H,7-10,14-16H2,1-2H3,(H,24,26). The van der Waals surface area contributed by atoms with Gasteiger partial charge in [0.2, 0.25) is 5.91 Å². The van der Waals surface area contributed by atoms with E-state index < -0.39 is 0 Å². The summed E-state index contributed by atoms with van der Waals surface area (Å²) in [6, 6.07) is 14.4. The fourth-order valence-electron chi connectivity index (χ4n) is 4.47. The van der Waals surface area contributed by atoms with Gasteiger partial charge in [-0.15, -0.1) is 0 Å². The number of fused-ring (bicyclic) bond motifs is 1. The lowest BCUT2D eigenvalue weighted by Gasteiger charge is -2.40. The van der Waals surface area contributed by atoms with Gasteiger partial charge >= 0.3 is 0 Å². The lowest BCUT2D eigenvalue weighted by molar-refractivity contribution is -0.133. The van der Waals surface area contributed by atoms with Crippen molar-refractivity contribution in [1.82, 2.24) is 10.2 Å². The van der Waals surface area contributed by atoms with Crippen molar-refractivity contribution in [2.45, 2.75) is 32.4 Å². The van der Waals surface area contributed by atoms with Crippen molar-refractivity contribution < 1.29 is 14.3 Å². The van der Waals surface area contributed by atoms with Crippen LogP contribution in [0.15, 0.2) is 42.5 Å². The fraction of sp³-hybridized carbons (Fsp3) is 0.435. The molecule has 1 spiro atoms. The average molecular weight is 380 g/mol. The third kappa shape index (κ3) is 3.72. The maximum Gasteiger partial charge on any atom is 0.226 e. The highest BCUT2D eigenvalue weighted by Crippen LogP contribution is 2.38. The summed E-state index contributed by atoms with van der Waals surface area (Å²) in [6.45, 7) is 3.30. The molecule has 1 saturated heterocycles. The summed E-state index contributed by atoms with van der Waals surface area (Å²) in [7, 11) is 3.34. The Morgan fingerprint density at radius 1 is 1.00 bits per heavy atom. The largest absolute Gasteiger partial charge is 0.497 e.